The predicted molar refractivity (Wildman–Crippen MR) is 51.9 cm³/mol. The largest absolute Gasteiger partial charge is 0.352 e. The fourth-order valence-electron chi connectivity index (χ4n) is 0.613. The van der Waals surface area contributed by atoms with Gasteiger partial charge in [-0.3, -0.25) is 4.79 Å². The molecule has 0 radical (unpaired) electrons. The number of amides is 1. The highest BCUT2D eigenvalue weighted by Gasteiger charge is 2.19. The molecule has 0 spiro atoms. The van der Waals surface area contributed by atoms with Crippen molar-refractivity contribution in [2.24, 2.45) is 5.41 Å². The van der Waals surface area contributed by atoms with Gasteiger partial charge < -0.3 is 5.32 Å². The maximum Gasteiger partial charge on any atom is 0.225 e. The van der Waals surface area contributed by atoms with Crippen molar-refractivity contribution in [2.45, 2.75) is 34.6 Å². The summed E-state index contributed by atoms with van der Waals surface area (Å²) in [5.41, 5.74) is 0.944. The Morgan fingerprint density at radius 1 is 1.33 bits per heavy atom. The minimum Gasteiger partial charge on any atom is -0.352 e. The molecule has 70 valence electrons. The molecule has 1 N–H and O–H groups in total. The summed E-state index contributed by atoms with van der Waals surface area (Å²) in [6, 6.07) is 0. The summed E-state index contributed by atoms with van der Waals surface area (Å²) < 4.78 is 0. The summed E-state index contributed by atoms with van der Waals surface area (Å²) in [7, 11) is 0. The van der Waals surface area contributed by atoms with Crippen LogP contribution in [0, 0.1) is 5.41 Å². The molecule has 0 heterocycles. The van der Waals surface area contributed by atoms with Crippen LogP contribution in [0.15, 0.2) is 11.6 Å². The van der Waals surface area contributed by atoms with Crippen molar-refractivity contribution >= 4 is 5.91 Å². The van der Waals surface area contributed by atoms with Gasteiger partial charge in [-0.25, -0.2) is 0 Å². The van der Waals surface area contributed by atoms with Gasteiger partial charge in [0.05, 0.1) is 0 Å². The maximum atomic E-state index is 11.3. The summed E-state index contributed by atoms with van der Waals surface area (Å²) >= 11 is 0. The third-order valence-electron chi connectivity index (χ3n) is 1.45. The van der Waals surface area contributed by atoms with Gasteiger partial charge in [0.1, 0.15) is 0 Å². The fourth-order valence-corrected chi connectivity index (χ4v) is 0.613. The van der Waals surface area contributed by atoms with Crippen molar-refractivity contribution in [3.8, 4) is 0 Å². The van der Waals surface area contributed by atoms with Crippen molar-refractivity contribution in [1.82, 2.24) is 5.32 Å². The van der Waals surface area contributed by atoms with Crippen LogP contribution in [-0.4, -0.2) is 12.5 Å². The van der Waals surface area contributed by atoms with Crippen LogP contribution in [-0.2, 0) is 4.79 Å². The molecule has 0 saturated heterocycles. The number of nitrogens with one attached hydrogen (secondary N) is 1. The molecule has 0 atom stereocenters. The van der Waals surface area contributed by atoms with Crippen LogP contribution >= 0.6 is 0 Å². The van der Waals surface area contributed by atoms with E-state index >= 15 is 0 Å². The van der Waals surface area contributed by atoms with Crippen LogP contribution in [0.2, 0.25) is 0 Å². The van der Waals surface area contributed by atoms with Gasteiger partial charge >= 0.3 is 0 Å². The molecule has 0 fully saturated rings. The fraction of sp³-hybridized carbons (Fsp3) is 0.700. The molecule has 12 heavy (non-hydrogen) atoms. The van der Waals surface area contributed by atoms with E-state index in [9.17, 15) is 4.79 Å². The second-order valence-electron chi connectivity index (χ2n) is 4.24. The van der Waals surface area contributed by atoms with Gasteiger partial charge in [0.25, 0.3) is 0 Å². The van der Waals surface area contributed by atoms with Crippen molar-refractivity contribution in [1.29, 1.82) is 0 Å². The molecule has 0 aromatic carbocycles. The average Bonchev–Trinajstić information content (AvgIpc) is 1.84. The molecule has 2 heteroatoms. The van der Waals surface area contributed by atoms with Gasteiger partial charge in [-0.05, 0) is 13.8 Å². The second-order valence-corrected chi connectivity index (χ2v) is 4.24. The maximum absolute atomic E-state index is 11.3. The lowest BCUT2D eigenvalue weighted by atomic mass is 9.96. The van der Waals surface area contributed by atoms with E-state index in [0.29, 0.717) is 6.54 Å². The predicted octanol–water partition coefficient (Wildman–Crippen LogP) is 2.11. The molecule has 0 aliphatic heterocycles. The van der Waals surface area contributed by atoms with Gasteiger partial charge in [-0.1, -0.05) is 32.4 Å². The lowest BCUT2D eigenvalue weighted by Crippen LogP contribution is -2.34. The smallest absolute Gasteiger partial charge is 0.225 e. The Labute approximate surface area is 75.0 Å². The van der Waals surface area contributed by atoms with E-state index < -0.39 is 0 Å². The number of hydrogen-bond donors (Lipinski definition) is 1. The molecular formula is C10H19NO. The molecule has 0 aromatic heterocycles. The summed E-state index contributed by atoms with van der Waals surface area (Å²) in [6.07, 6.45) is 2.00. The third-order valence-corrected chi connectivity index (χ3v) is 1.45. The molecule has 0 aliphatic rings. The van der Waals surface area contributed by atoms with Crippen LogP contribution in [0.1, 0.15) is 34.6 Å². The monoisotopic (exact) mass is 169 g/mol. The highest BCUT2D eigenvalue weighted by molar-refractivity contribution is 5.81. The molecule has 0 unspecified atom stereocenters. The zero-order valence-electron chi connectivity index (χ0n) is 8.69. The molecular weight excluding hydrogens is 150 g/mol. The summed E-state index contributed by atoms with van der Waals surface area (Å²) in [5, 5.41) is 2.84. The van der Waals surface area contributed by atoms with Crippen LogP contribution < -0.4 is 5.32 Å². The molecule has 1 amide bonds. The molecule has 0 bridgehead atoms. The molecule has 2 nitrogen and oxygen atoms in total. The van der Waals surface area contributed by atoms with Crippen molar-refractivity contribution < 1.29 is 4.79 Å². The first-order valence-electron chi connectivity index (χ1n) is 4.25. The van der Waals surface area contributed by atoms with E-state index in [2.05, 4.69) is 5.32 Å². The van der Waals surface area contributed by atoms with E-state index in [4.69, 9.17) is 0 Å². The van der Waals surface area contributed by atoms with E-state index in [-0.39, 0.29) is 11.3 Å². The van der Waals surface area contributed by atoms with Crippen LogP contribution in [0.5, 0.6) is 0 Å². The molecule has 0 saturated carbocycles. The third kappa shape index (κ3) is 4.94. The second kappa shape index (κ2) is 4.29. The normalized spacial score (nSPS) is 10.8. The highest BCUT2D eigenvalue weighted by Crippen LogP contribution is 2.11. The first-order chi connectivity index (χ1) is 5.34. The van der Waals surface area contributed by atoms with E-state index in [1.54, 1.807) is 0 Å². The highest BCUT2D eigenvalue weighted by atomic mass is 16.2. The van der Waals surface area contributed by atoms with Crippen molar-refractivity contribution in [3.63, 3.8) is 0 Å². The van der Waals surface area contributed by atoms with Crippen LogP contribution in [0.25, 0.3) is 0 Å². The van der Waals surface area contributed by atoms with Gasteiger partial charge in [0, 0.05) is 12.0 Å². The van der Waals surface area contributed by atoms with Gasteiger partial charge in [-0.2, -0.15) is 0 Å². The zero-order valence-corrected chi connectivity index (χ0v) is 8.69. The average molecular weight is 169 g/mol. The molecule has 0 rings (SSSR count). The number of hydrogen-bond acceptors (Lipinski definition) is 1. The topological polar surface area (TPSA) is 29.1 Å². The van der Waals surface area contributed by atoms with Crippen molar-refractivity contribution in [2.75, 3.05) is 6.54 Å². The zero-order chi connectivity index (χ0) is 9.78. The van der Waals surface area contributed by atoms with Crippen molar-refractivity contribution in [3.05, 3.63) is 11.6 Å². The Kier molecular flexibility index (Phi) is 4.01. The number of carbonyl (C=O) groups excluding carboxylic acids is 1. The standard InChI is InChI=1S/C10H19NO/c1-8(2)6-7-11-9(12)10(3,4)5/h6H,7H2,1-5H3,(H,11,12). The summed E-state index contributed by atoms with van der Waals surface area (Å²) in [5.74, 6) is 0.0972. The number of rotatable bonds is 2. The Morgan fingerprint density at radius 2 is 1.83 bits per heavy atom. The van der Waals surface area contributed by atoms with Gasteiger partial charge in [0.15, 0.2) is 0 Å². The molecule has 0 aliphatic carbocycles. The quantitative estimate of drug-likeness (QED) is 0.630. The lowest BCUT2D eigenvalue weighted by molar-refractivity contribution is -0.128. The Morgan fingerprint density at radius 3 is 2.17 bits per heavy atom. The summed E-state index contributed by atoms with van der Waals surface area (Å²) in [6.45, 7) is 10.4. The van der Waals surface area contributed by atoms with Gasteiger partial charge in [-0.15, -0.1) is 0 Å². The van der Waals surface area contributed by atoms with Gasteiger partial charge in [0.2, 0.25) is 5.91 Å². The number of carbonyl (C=O) groups is 1. The minimum absolute atomic E-state index is 0.0972. The van der Waals surface area contributed by atoms with E-state index in [1.165, 1.54) is 5.57 Å². The van der Waals surface area contributed by atoms with Crippen LogP contribution in [0.3, 0.4) is 0 Å². The summed E-state index contributed by atoms with van der Waals surface area (Å²) in [4.78, 5) is 11.3. The Bertz CT molecular complexity index is 183. The minimum atomic E-state index is -0.282. The number of allylic oxidation sites excluding steroid dienone is 1. The van der Waals surface area contributed by atoms with Crippen LogP contribution in [0.4, 0.5) is 0 Å². The lowest BCUT2D eigenvalue weighted by Gasteiger charge is -2.16. The van der Waals surface area contributed by atoms with E-state index in [1.807, 2.05) is 40.7 Å². The van der Waals surface area contributed by atoms with E-state index in [0.717, 1.165) is 0 Å². The first kappa shape index (κ1) is 11.2. The Hall–Kier alpha value is -0.790. The Balaban J connectivity index is 3.82. The molecule has 0 aromatic rings. The first-order valence-corrected chi connectivity index (χ1v) is 4.25. The SMILES string of the molecule is CC(C)=CCNC(=O)C(C)(C)C.